The van der Waals surface area contributed by atoms with Crippen molar-refractivity contribution in [3.8, 4) is 0 Å². The van der Waals surface area contributed by atoms with Crippen LogP contribution >= 0.6 is 23.2 Å². The number of aromatic nitrogens is 1. The van der Waals surface area contributed by atoms with Gasteiger partial charge in [0.15, 0.2) is 5.82 Å². The van der Waals surface area contributed by atoms with Crippen molar-refractivity contribution >= 4 is 34.8 Å². The predicted molar refractivity (Wildman–Crippen MR) is 61.1 cm³/mol. The standard InChI is InChI=1S/C8H12Cl2N4/c1-11-7-5(9)4-6(10)8(12-7)13-14(2)3/h4H,1-3H3,(H2,11,12,13). The highest BCUT2D eigenvalue weighted by Crippen LogP contribution is 2.28. The molecular weight excluding hydrogens is 223 g/mol. The van der Waals surface area contributed by atoms with Gasteiger partial charge in [-0.2, -0.15) is 0 Å². The van der Waals surface area contributed by atoms with Gasteiger partial charge < -0.3 is 10.7 Å². The molecular formula is C8H12Cl2N4. The van der Waals surface area contributed by atoms with Crippen molar-refractivity contribution in [2.45, 2.75) is 0 Å². The lowest BCUT2D eigenvalue weighted by Gasteiger charge is -2.15. The highest BCUT2D eigenvalue weighted by atomic mass is 35.5. The molecule has 78 valence electrons. The predicted octanol–water partition coefficient (Wildman–Crippen LogP) is 2.32. The average Bonchev–Trinajstić information content (AvgIpc) is 2.09. The highest BCUT2D eigenvalue weighted by Gasteiger charge is 2.08. The maximum Gasteiger partial charge on any atom is 0.161 e. The van der Waals surface area contributed by atoms with E-state index in [1.807, 2.05) is 14.1 Å². The molecule has 0 unspecified atom stereocenters. The Labute approximate surface area is 93.2 Å². The fourth-order valence-corrected chi connectivity index (χ4v) is 1.43. The van der Waals surface area contributed by atoms with E-state index in [0.717, 1.165) is 0 Å². The third-order valence-corrected chi connectivity index (χ3v) is 2.07. The quantitative estimate of drug-likeness (QED) is 0.789. The van der Waals surface area contributed by atoms with Crippen LogP contribution in [0.4, 0.5) is 11.6 Å². The third kappa shape index (κ3) is 2.64. The first-order valence-electron chi connectivity index (χ1n) is 4.02. The highest BCUT2D eigenvalue weighted by molar-refractivity contribution is 6.37. The molecule has 0 amide bonds. The average molecular weight is 235 g/mol. The molecule has 0 spiro atoms. The Morgan fingerprint density at radius 3 is 2.29 bits per heavy atom. The zero-order valence-corrected chi connectivity index (χ0v) is 9.74. The molecule has 0 radical (unpaired) electrons. The number of anilines is 2. The van der Waals surface area contributed by atoms with E-state index >= 15 is 0 Å². The van der Waals surface area contributed by atoms with Gasteiger partial charge in [0.2, 0.25) is 0 Å². The second-order valence-corrected chi connectivity index (χ2v) is 3.72. The van der Waals surface area contributed by atoms with E-state index in [9.17, 15) is 0 Å². The molecule has 2 N–H and O–H groups in total. The zero-order valence-electron chi connectivity index (χ0n) is 8.23. The van der Waals surface area contributed by atoms with E-state index in [1.54, 1.807) is 18.1 Å². The lowest BCUT2D eigenvalue weighted by molar-refractivity contribution is 0.492. The monoisotopic (exact) mass is 234 g/mol. The summed E-state index contributed by atoms with van der Waals surface area (Å²) < 4.78 is 0. The molecule has 1 aromatic heterocycles. The fourth-order valence-electron chi connectivity index (χ4n) is 0.932. The van der Waals surface area contributed by atoms with Crippen molar-refractivity contribution in [1.82, 2.24) is 9.99 Å². The van der Waals surface area contributed by atoms with Crippen molar-refractivity contribution < 1.29 is 0 Å². The maximum absolute atomic E-state index is 5.94. The minimum absolute atomic E-state index is 0.489. The molecule has 0 atom stereocenters. The van der Waals surface area contributed by atoms with E-state index in [-0.39, 0.29) is 0 Å². The Morgan fingerprint density at radius 1 is 1.21 bits per heavy atom. The Kier molecular flexibility index (Phi) is 3.80. The van der Waals surface area contributed by atoms with Crippen LogP contribution in [0.2, 0.25) is 10.0 Å². The van der Waals surface area contributed by atoms with Gasteiger partial charge in [0.05, 0.1) is 10.0 Å². The number of nitrogens with one attached hydrogen (secondary N) is 2. The minimum Gasteiger partial charge on any atom is -0.372 e. The summed E-state index contributed by atoms with van der Waals surface area (Å²) in [5.74, 6) is 1.17. The summed E-state index contributed by atoms with van der Waals surface area (Å²) in [7, 11) is 5.46. The second-order valence-electron chi connectivity index (χ2n) is 2.91. The third-order valence-electron chi connectivity index (χ3n) is 1.50. The van der Waals surface area contributed by atoms with E-state index in [0.29, 0.717) is 21.7 Å². The summed E-state index contributed by atoms with van der Waals surface area (Å²) in [4.78, 5) is 4.20. The molecule has 6 heteroatoms. The lowest BCUT2D eigenvalue weighted by atomic mass is 10.4. The minimum atomic E-state index is 0.489. The normalized spacial score (nSPS) is 10.4. The topological polar surface area (TPSA) is 40.2 Å². The summed E-state index contributed by atoms with van der Waals surface area (Å²) in [6.07, 6.45) is 0. The second kappa shape index (κ2) is 4.68. The first kappa shape index (κ1) is 11.4. The molecule has 1 heterocycles. The van der Waals surface area contributed by atoms with Crippen molar-refractivity contribution in [3.05, 3.63) is 16.1 Å². The number of pyridine rings is 1. The van der Waals surface area contributed by atoms with Crippen molar-refractivity contribution in [3.63, 3.8) is 0 Å². The van der Waals surface area contributed by atoms with Crippen LogP contribution in [-0.4, -0.2) is 31.1 Å². The Balaban J connectivity index is 3.04. The van der Waals surface area contributed by atoms with Gasteiger partial charge >= 0.3 is 0 Å². The summed E-state index contributed by atoms with van der Waals surface area (Å²) in [5, 5.41) is 5.62. The van der Waals surface area contributed by atoms with E-state index < -0.39 is 0 Å². The van der Waals surface area contributed by atoms with Crippen LogP contribution in [0.5, 0.6) is 0 Å². The van der Waals surface area contributed by atoms with Crippen LogP contribution in [0, 0.1) is 0 Å². The van der Waals surface area contributed by atoms with Crippen LogP contribution in [-0.2, 0) is 0 Å². The molecule has 0 fully saturated rings. The number of halogens is 2. The molecule has 0 saturated heterocycles. The van der Waals surface area contributed by atoms with E-state index in [4.69, 9.17) is 23.2 Å². The van der Waals surface area contributed by atoms with Crippen LogP contribution in [0.25, 0.3) is 0 Å². The zero-order chi connectivity index (χ0) is 10.7. The molecule has 0 aliphatic heterocycles. The first-order chi connectivity index (χ1) is 6.54. The Hall–Kier alpha value is -0.710. The SMILES string of the molecule is CNc1nc(NN(C)C)c(Cl)cc1Cl. The Morgan fingerprint density at radius 2 is 1.79 bits per heavy atom. The molecule has 0 saturated carbocycles. The molecule has 4 nitrogen and oxygen atoms in total. The molecule has 14 heavy (non-hydrogen) atoms. The Bertz CT molecular complexity index is 327. The fraction of sp³-hybridized carbons (Fsp3) is 0.375. The molecule has 0 aliphatic carbocycles. The summed E-state index contributed by atoms with van der Waals surface area (Å²) in [5.41, 5.74) is 2.97. The van der Waals surface area contributed by atoms with Crippen molar-refractivity contribution in [1.29, 1.82) is 0 Å². The summed E-state index contributed by atoms with van der Waals surface area (Å²) >= 11 is 11.8. The van der Waals surface area contributed by atoms with E-state index in [2.05, 4.69) is 15.7 Å². The van der Waals surface area contributed by atoms with Gasteiger partial charge in [0.1, 0.15) is 5.82 Å². The van der Waals surface area contributed by atoms with Gasteiger partial charge in [-0.05, 0) is 6.07 Å². The largest absolute Gasteiger partial charge is 0.372 e. The van der Waals surface area contributed by atoms with Crippen molar-refractivity contribution in [2.24, 2.45) is 0 Å². The number of hydrogen-bond donors (Lipinski definition) is 2. The van der Waals surface area contributed by atoms with Crippen LogP contribution in [0.3, 0.4) is 0 Å². The number of hydrogen-bond acceptors (Lipinski definition) is 4. The van der Waals surface area contributed by atoms with Gasteiger partial charge in [0.25, 0.3) is 0 Å². The van der Waals surface area contributed by atoms with E-state index in [1.165, 1.54) is 0 Å². The molecule has 0 aromatic carbocycles. The van der Waals surface area contributed by atoms with Crippen molar-refractivity contribution in [2.75, 3.05) is 31.9 Å². The molecule has 1 rings (SSSR count). The van der Waals surface area contributed by atoms with Gasteiger partial charge in [-0.1, -0.05) is 23.2 Å². The summed E-state index contributed by atoms with van der Waals surface area (Å²) in [6.45, 7) is 0. The number of nitrogens with zero attached hydrogens (tertiary/aromatic N) is 2. The maximum atomic E-state index is 5.94. The van der Waals surface area contributed by atoms with Crippen LogP contribution in [0.1, 0.15) is 0 Å². The molecule has 1 aromatic rings. The number of rotatable bonds is 3. The number of hydrazine groups is 1. The van der Waals surface area contributed by atoms with Crippen LogP contribution in [0.15, 0.2) is 6.07 Å². The first-order valence-corrected chi connectivity index (χ1v) is 4.78. The summed E-state index contributed by atoms with van der Waals surface area (Å²) in [6, 6.07) is 1.65. The van der Waals surface area contributed by atoms with Crippen LogP contribution < -0.4 is 10.7 Å². The van der Waals surface area contributed by atoms with Gasteiger partial charge in [-0.25, -0.2) is 9.99 Å². The lowest BCUT2D eigenvalue weighted by Crippen LogP contribution is -2.20. The van der Waals surface area contributed by atoms with Gasteiger partial charge in [-0.3, -0.25) is 0 Å². The molecule has 0 bridgehead atoms. The van der Waals surface area contributed by atoms with Gasteiger partial charge in [-0.15, -0.1) is 0 Å². The van der Waals surface area contributed by atoms with Gasteiger partial charge in [0, 0.05) is 21.1 Å². The smallest absolute Gasteiger partial charge is 0.161 e. The molecule has 0 aliphatic rings.